The Hall–Kier alpha value is -4.52. The fourth-order valence-electron chi connectivity index (χ4n) is 4.52. The van der Waals surface area contributed by atoms with Crippen LogP contribution in [0.3, 0.4) is 0 Å². The standard InChI is InChI=1S/C16H11N3O7S.C16H11N3O4.Cr.2Na/c20-13-6-5-9-3-1-2-4-11(9)15(13)18-17-12-7-10(19(22)23)8-14(16(12)21)27(24,25)26;20-14-8-5-10-3-1-2-4-12(10)16(14)18-17-13-7-6-11(19(22)23)9-15(13)21;;;/h1-8,20-21H,(H,24,25,26);1-9,20-21H;;;/q;;+3;2*+1/p-5. The molecule has 0 amide bonds. The van der Waals surface area contributed by atoms with E-state index in [4.69, 9.17) is 0 Å². The Morgan fingerprint density at radius 3 is 1.45 bits per heavy atom. The fraction of sp³-hybridized carbons (Fsp3) is 0. The molecular formula is C32H17CrN6Na2O11S. The number of hydrogen-bond acceptors (Lipinski definition) is 15. The molecule has 255 valence electrons. The molecule has 0 saturated heterocycles. The molecular weight excluding hydrogens is 774 g/mol. The maximum atomic E-state index is 12.1. The van der Waals surface area contributed by atoms with Crippen LogP contribution in [-0.4, -0.2) is 22.8 Å². The summed E-state index contributed by atoms with van der Waals surface area (Å²) in [7, 11) is -5.27. The number of non-ortho nitro benzene ring substituents is 2. The monoisotopic (exact) mass is 791 g/mol. The van der Waals surface area contributed by atoms with Crippen molar-refractivity contribution >= 4 is 65.8 Å². The average molecular weight is 792 g/mol. The number of azo groups is 2. The van der Waals surface area contributed by atoms with Gasteiger partial charge in [-0.25, -0.2) is 8.42 Å². The second kappa shape index (κ2) is 19.0. The van der Waals surface area contributed by atoms with E-state index in [0.717, 1.165) is 17.5 Å². The second-order valence-electron chi connectivity index (χ2n) is 10.1. The summed E-state index contributed by atoms with van der Waals surface area (Å²) < 4.78 is 33.6. The number of nitro benzene ring substituents is 2. The van der Waals surface area contributed by atoms with Crippen molar-refractivity contribution in [2.75, 3.05) is 0 Å². The predicted octanol–water partition coefficient (Wildman–Crippen LogP) is -0.469. The molecule has 0 atom stereocenters. The number of fused-ring (bicyclic) bond motifs is 2. The molecule has 6 aromatic carbocycles. The van der Waals surface area contributed by atoms with Gasteiger partial charge in [0.05, 0.1) is 37.5 Å². The largest absolute Gasteiger partial charge is 3.00 e. The minimum absolute atomic E-state index is 0. The van der Waals surface area contributed by atoms with Crippen LogP contribution < -0.4 is 79.5 Å². The Morgan fingerprint density at radius 1 is 0.528 bits per heavy atom. The van der Waals surface area contributed by atoms with Crippen molar-refractivity contribution < 1.29 is 120 Å². The van der Waals surface area contributed by atoms with Gasteiger partial charge in [-0.05, 0) is 16.8 Å². The Morgan fingerprint density at radius 2 is 1.00 bits per heavy atom. The molecule has 0 aromatic heterocycles. The molecule has 17 nitrogen and oxygen atoms in total. The smallest absolute Gasteiger partial charge is 0.871 e. The third-order valence-electron chi connectivity index (χ3n) is 6.90. The molecule has 0 fully saturated rings. The van der Waals surface area contributed by atoms with Gasteiger partial charge < -0.3 is 25.0 Å². The Balaban J connectivity index is 0.000000351. The molecule has 0 bridgehead atoms. The summed E-state index contributed by atoms with van der Waals surface area (Å²) in [5, 5.41) is 86.8. The minimum atomic E-state index is -5.27. The van der Waals surface area contributed by atoms with E-state index in [1.807, 2.05) is 12.1 Å². The van der Waals surface area contributed by atoms with E-state index in [2.05, 4.69) is 20.5 Å². The van der Waals surface area contributed by atoms with E-state index in [1.54, 1.807) is 48.5 Å². The van der Waals surface area contributed by atoms with Crippen molar-refractivity contribution in [3.63, 3.8) is 0 Å². The van der Waals surface area contributed by atoms with E-state index in [-0.39, 0.29) is 105 Å². The van der Waals surface area contributed by atoms with Crippen LogP contribution in [0.15, 0.2) is 128 Å². The summed E-state index contributed by atoms with van der Waals surface area (Å²) in [4.78, 5) is 18.6. The van der Waals surface area contributed by atoms with Gasteiger partial charge in [0, 0.05) is 35.0 Å². The van der Waals surface area contributed by atoms with Crippen molar-refractivity contribution in [1.29, 1.82) is 0 Å². The molecule has 21 heteroatoms. The molecule has 6 aromatic rings. The summed E-state index contributed by atoms with van der Waals surface area (Å²) in [6, 6.07) is 24.0. The summed E-state index contributed by atoms with van der Waals surface area (Å²) in [6.45, 7) is 0. The zero-order valence-electron chi connectivity index (χ0n) is 27.3. The molecule has 0 saturated carbocycles. The minimum Gasteiger partial charge on any atom is -0.871 e. The van der Waals surface area contributed by atoms with E-state index >= 15 is 0 Å². The quantitative estimate of drug-likeness (QED) is 0.0655. The Kier molecular flexibility index (Phi) is 16.0. The Bertz CT molecular complexity index is 2510. The van der Waals surface area contributed by atoms with Crippen molar-refractivity contribution in [3.8, 4) is 23.0 Å². The first-order chi connectivity index (χ1) is 23.7. The first-order valence-electron chi connectivity index (χ1n) is 13.9. The molecule has 0 heterocycles. The van der Waals surface area contributed by atoms with Crippen molar-refractivity contribution in [2.24, 2.45) is 20.5 Å². The number of hydrogen-bond donors (Lipinski definition) is 0. The maximum absolute atomic E-state index is 12.1. The summed E-state index contributed by atoms with van der Waals surface area (Å²) in [5.74, 6) is -2.81. The first kappa shape index (κ1) is 44.6. The second-order valence-corrected chi connectivity index (χ2v) is 11.4. The number of benzene rings is 6. The predicted molar refractivity (Wildman–Crippen MR) is 168 cm³/mol. The van der Waals surface area contributed by atoms with Crippen molar-refractivity contribution in [3.05, 3.63) is 123 Å². The van der Waals surface area contributed by atoms with E-state index in [1.165, 1.54) is 18.2 Å². The van der Waals surface area contributed by atoms with Gasteiger partial charge in [-0.3, -0.25) is 20.2 Å². The van der Waals surface area contributed by atoms with Crippen LogP contribution in [0.2, 0.25) is 0 Å². The van der Waals surface area contributed by atoms with Gasteiger partial charge in [-0.15, -0.1) is 0 Å². The zero-order valence-corrected chi connectivity index (χ0v) is 33.4. The van der Waals surface area contributed by atoms with Gasteiger partial charge in [0.15, 0.2) is 0 Å². The molecule has 0 aliphatic carbocycles. The molecule has 53 heavy (non-hydrogen) atoms. The van der Waals surface area contributed by atoms with E-state index < -0.39 is 53.5 Å². The third kappa shape index (κ3) is 10.6. The van der Waals surface area contributed by atoms with Gasteiger partial charge >= 0.3 is 76.5 Å². The molecule has 0 N–H and O–H groups in total. The normalized spacial score (nSPS) is 10.9. The molecule has 0 aliphatic heterocycles. The average Bonchev–Trinajstić information content (AvgIpc) is 3.08. The van der Waals surface area contributed by atoms with Gasteiger partial charge in [0.1, 0.15) is 10.1 Å². The van der Waals surface area contributed by atoms with Crippen molar-refractivity contribution in [2.45, 2.75) is 4.90 Å². The van der Waals surface area contributed by atoms with E-state index in [9.17, 15) is 53.6 Å². The van der Waals surface area contributed by atoms with Crippen LogP contribution >= 0.6 is 0 Å². The van der Waals surface area contributed by atoms with Gasteiger partial charge in [-0.2, -0.15) is 20.5 Å². The summed E-state index contributed by atoms with van der Waals surface area (Å²) in [6.07, 6.45) is 0. The number of nitrogens with zero attached hydrogens (tertiary/aromatic N) is 6. The van der Waals surface area contributed by atoms with Crippen LogP contribution in [0, 0.1) is 20.2 Å². The molecule has 0 aliphatic rings. The third-order valence-corrected chi connectivity index (χ3v) is 7.74. The molecule has 0 spiro atoms. The van der Waals surface area contributed by atoms with Gasteiger partial charge in [0.2, 0.25) is 0 Å². The zero-order chi connectivity index (χ0) is 36.2. The number of rotatable bonds is 7. The van der Waals surface area contributed by atoms with Crippen molar-refractivity contribution in [1.82, 2.24) is 0 Å². The van der Waals surface area contributed by atoms with Gasteiger partial charge in [-0.1, -0.05) is 95.8 Å². The SMILES string of the molecule is O=[N+]([O-])c1cc(N=Nc2c([O-])ccc3ccccc23)c([O-])c(S(=O)(=O)[O-])c1.O=[N+]([O-])c1ccc(N=Nc2c([O-])ccc3ccccc23)c([O-])c1.[Cr+3].[Na+].[Na+]. The van der Waals surface area contributed by atoms with Crippen LogP contribution in [0.4, 0.5) is 34.1 Å². The van der Waals surface area contributed by atoms with Crippen LogP contribution in [0.5, 0.6) is 23.0 Å². The first-order valence-corrected chi connectivity index (χ1v) is 15.3. The van der Waals surface area contributed by atoms with Crippen LogP contribution in [0.25, 0.3) is 21.5 Å². The molecule has 6 rings (SSSR count). The molecule has 0 unspecified atom stereocenters. The van der Waals surface area contributed by atoms with Crippen LogP contribution in [0.1, 0.15) is 0 Å². The summed E-state index contributed by atoms with van der Waals surface area (Å²) in [5.41, 5.74) is -1.96. The number of nitro groups is 2. The Labute approximate surface area is 354 Å². The summed E-state index contributed by atoms with van der Waals surface area (Å²) >= 11 is 0. The fourth-order valence-corrected chi connectivity index (χ4v) is 5.12. The van der Waals surface area contributed by atoms with Gasteiger partial charge in [0.25, 0.3) is 11.4 Å². The van der Waals surface area contributed by atoms with Crippen LogP contribution in [-0.2, 0) is 27.5 Å². The van der Waals surface area contributed by atoms with E-state index in [0.29, 0.717) is 28.3 Å². The molecule has 1 radical (unpaired) electrons. The topological polar surface area (TPSA) is 285 Å². The maximum Gasteiger partial charge on any atom is 3.00 e.